The molecule has 1 aliphatic rings. The molecule has 82 valence electrons. The third kappa shape index (κ3) is 1.22. The molecule has 4 rings (SSSR count). The van der Waals surface area contributed by atoms with Gasteiger partial charge in [0.1, 0.15) is 0 Å². The molecule has 0 fully saturated rings. The zero-order valence-corrected chi connectivity index (χ0v) is 10.4. The van der Waals surface area contributed by atoms with E-state index >= 15 is 0 Å². The number of fused-ring (bicyclic) bond motifs is 5. The van der Waals surface area contributed by atoms with Crippen molar-refractivity contribution in [3.05, 3.63) is 53.0 Å². The van der Waals surface area contributed by atoms with Crippen LogP contribution in [0.3, 0.4) is 0 Å². The number of nitrogens with zero attached hydrogens (tertiary/aromatic N) is 1. The highest BCUT2D eigenvalue weighted by molar-refractivity contribution is 7.19. The standard InChI is InChI=1S/C15H12NS/c1-10-8-13-14(17-10)6-7-16-9-11-4-2-3-5-12(11)15(13)16/h2-8H,9H2,1H3/q+1. The van der Waals surface area contributed by atoms with Crippen molar-refractivity contribution in [1.82, 2.24) is 0 Å². The van der Waals surface area contributed by atoms with Crippen LogP contribution in [0, 0.1) is 6.92 Å². The first-order valence-electron chi connectivity index (χ1n) is 5.84. The van der Waals surface area contributed by atoms with Gasteiger partial charge in [-0.3, -0.25) is 0 Å². The van der Waals surface area contributed by atoms with Crippen molar-refractivity contribution in [2.45, 2.75) is 13.5 Å². The van der Waals surface area contributed by atoms with Gasteiger partial charge in [0, 0.05) is 21.2 Å². The van der Waals surface area contributed by atoms with Gasteiger partial charge in [0.25, 0.3) is 0 Å². The summed E-state index contributed by atoms with van der Waals surface area (Å²) < 4.78 is 3.75. The summed E-state index contributed by atoms with van der Waals surface area (Å²) in [5.74, 6) is 0. The minimum atomic E-state index is 1.01. The van der Waals surface area contributed by atoms with Crippen molar-refractivity contribution >= 4 is 21.4 Å². The van der Waals surface area contributed by atoms with Gasteiger partial charge in [0.05, 0.1) is 10.9 Å². The molecule has 17 heavy (non-hydrogen) atoms. The lowest BCUT2D eigenvalue weighted by molar-refractivity contribution is -0.670. The average molecular weight is 238 g/mol. The molecule has 0 N–H and O–H groups in total. The molecule has 2 heteroatoms. The van der Waals surface area contributed by atoms with Crippen LogP contribution in [-0.2, 0) is 6.54 Å². The molecular formula is C15H12NS+. The second-order valence-electron chi connectivity index (χ2n) is 4.58. The lowest BCUT2D eigenvalue weighted by Crippen LogP contribution is -2.31. The third-order valence-corrected chi connectivity index (χ3v) is 4.46. The van der Waals surface area contributed by atoms with Crippen LogP contribution in [0.25, 0.3) is 21.3 Å². The summed E-state index contributed by atoms with van der Waals surface area (Å²) in [5, 5.41) is 1.40. The smallest absolute Gasteiger partial charge is 0.193 e. The summed E-state index contributed by atoms with van der Waals surface area (Å²) in [5.41, 5.74) is 4.22. The van der Waals surface area contributed by atoms with Gasteiger partial charge in [-0.25, -0.2) is 0 Å². The molecule has 0 amide bonds. The maximum atomic E-state index is 2.36. The Morgan fingerprint density at radius 3 is 3.00 bits per heavy atom. The minimum absolute atomic E-state index is 1.01. The van der Waals surface area contributed by atoms with Crippen LogP contribution in [0.1, 0.15) is 10.4 Å². The van der Waals surface area contributed by atoms with Gasteiger partial charge < -0.3 is 0 Å². The van der Waals surface area contributed by atoms with E-state index in [0.29, 0.717) is 0 Å². The van der Waals surface area contributed by atoms with E-state index in [1.54, 1.807) is 0 Å². The van der Waals surface area contributed by atoms with Crippen molar-refractivity contribution < 1.29 is 4.57 Å². The molecule has 3 heterocycles. The largest absolute Gasteiger partial charge is 0.222 e. The van der Waals surface area contributed by atoms with Crippen LogP contribution in [0.15, 0.2) is 42.6 Å². The summed E-state index contributed by atoms with van der Waals surface area (Å²) in [6.07, 6.45) is 2.22. The summed E-state index contributed by atoms with van der Waals surface area (Å²) in [6.45, 7) is 3.19. The molecule has 2 aromatic heterocycles. The summed E-state index contributed by atoms with van der Waals surface area (Å²) >= 11 is 1.88. The SMILES string of the molecule is Cc1cc2c3[n+](ccc2s1)Cc1ccccc1-3. The van der Waals surface area contributed by atoms with Crippen molar-refractivity contribution in [3.63, 3.8) is 0 Å². The fraction of sp³-hybridized carbons (Fsp3) is 0.133. The van der Waals surface area contributed by atoms with Crippen LogP contribution in [0.5, 0.6) is 0 Å². The lowest BCUT2D eigenvalue weighted by atomic mass is 10.1. The van der Waals surface area contributed by atoms with E-state index in [1.165, 1.54) is 31.8 Å². The molecule has 0 saturated heterocycles. The van der Waals surface area contributed by atoms with Crippen molar-refractivity contribution in [2.24, 2.45) is 0 Å². The van der Waals surface area contributed by atoms with Crippen LogP contribution in [-0.4, -0.2) is 0 Å². The first-order chi connectivity index (χ1) is 8.33. The van der Waals surface area contributed by atoms with Crippen LogP contribution < -0.4 is 4.57 Å². The Balaban J connectivity index is 2.16. The Kier molecular flexibility index (Phi) is 1.75. The zero-order chi connectivity index (χ0) is 11.4. The van der Waals surface area contributed by atoms with Crippen molar-refractivity contribution in [3.8, 4) is 11.3 Å². The van der Waals surface area contributed by atoms with E-state index in [9.17, 15) is 0 Å². The number of hydrogen-bond acceptors (Lipinski definition) is 1. The number of thiophene rings is 1. The molecular weight excluding hydrogens is 226 g/mol. The molecule has 0 radical (unpaired) electrons. The highest BCUT2D eigenvalue weighted by Gasteiger charge is 2.28. The highest BCUT2D eigenvalue weighted by Crippen LogP contribution is 2.35. The predicted molar refractivity (Wildman–Crippen MR) is 71.3 cm³/mol. The summed E-state index contributed by atoms with van der Waals surface area (Å²) in [4.78, 5) is 1.39. The Morgan fingerprint density at radius 1 is 1.18 bits per heavy atom. The molecule has 0 atom stereocenters. The number of aryl methyl sites for hydroxylation is 1. The molecule has 0 spiro atoms. The molecule has 1 nitrogen and oxygen atoms in total. The van der Waals surface area contributed by atoms with Gasteiger partial charge in [-0.15, -0.1) is 11.3 Å². The first kappa shape index (κ1) is 9.37. The quantitative estimate of drug-likeness (QED) is 0.413. The number of rotatable bonds is 0. The van der Waals surface area contributed by atoms with E-state index < -0.39 is 0 Å². The van der Waals surface area contributed by atoms with Crippen LogP contribution in [0.2, 0.25) is 0 Å². The molecule has 0 bridgehead atoms. The molecule has 0 unspecified atom stereocenters. The van der Waals surface area contributed by atoms with Crippen molar-refractivity contribution in [1.29, 1.82) is 0 Å². The maximum Gasteiger partial charge on any atom is 0.222 e. The van der Waals surface area contributed by atoms with Crippen LogP contribution >= 0.6 is 11.3 Å². The fourth-order valence-corrected chi connectivity index (χ4v) is 3.65. The van der Waals surface area contributed by atoms with E-state index in [2.05, 4.69) is 54.1 Å². The maximum absolute atomic E-state index is 2.36. The van der Waals surface area contributed by atoms with Gasteiger partial charge in [-0.1, -0.05) is 18.2 Å². The van der Waals surface area contributed by atoms with Crippen molar-refractivity contribution in [2.75, 3.05) is 0 Å². The Bertz CT molecular complexity index is 740. The van der Waals surface area contributed by atoms with E-state index in [1.807, 2.05) is 11.3 Å². The third-order valence-electron chi connectivity index (χ3n) is 3.45. The topological polar surface area (TPSA) is 3.88 Å². The first-order valence-corrected chi connectivity index (χ1v) is 6.65. The van der Waals surface area contributed by atoms with Gasteiger partial charge in [0.2, 0.25) is 5.69 Å². The van der Waals surface area contributed by atoms with Gasteiger partial charge in [0.15, 0.2) is 12.7 Å². The number of pyridine rings is 1. The Morgan fingerprint density at radius 2 is 2.06 bits per heavy atom. The molecule has 1 aliphatic heterocycles. The molecule has 3 aromatic rings. The van der Waals surface area contributed by atoms with Gasteiger partial charge in [-0.05, 0) is 19.1 Å². The molecule has 1 aromatic carbocycles. The Hall–Kier alpha value is -1.67. The van der Waals surface area contributed by atoms with E-state index in [4.69, 9.17) is 0 Å². The average Bonchev–Trinajstić information content (AvgIpc) is 2.87. The summed E-state index contributed by atoms with van der Waals surface area (Å²) in [7, 11) is 0. The van der Waals surface area contributed by atoms with Crippen LogP contribution in [0.4, 0.5) is 0 Å². The lowest BCUT2D eigenvalue weighted by Gasteiger charge is -1.95. The van der Waals surface area contributed by atoms with E-state index in [-0.39, 0.29) is 0 Å². The predicted octanol–water partition coefficient (Wildman–Crippen LogP) is 3.53. The second kappa shape index (κ2) is 3.17. The summed E-state index contributed by atoms with van der Waals surface area (Å²) in [6, 6.07) is 13.3. The number of hydrogen-bond donors (Lipinski definition) is 0. The number of benzene rings is 1. The molecule has 0 aliphatic carbocycles. The monoisotopic (exact) mass is 238 g/mol. The van der Waals surface area contributed by atoms with E-state index in [0.717, 1.165) is 6.54 Å². The fourth-order valence-electron chi connectivity index (χ4n) is 2.73. The highest BCUT2D eigenvalue weighted by atomic mass is 32.1. The minimum Gasteiger partial charge on any atom is -0.193 e. The second-order valence-corrected chi connectivity index (χ2v) is 5.87. The molecule has 0 saturated carbocycles. The normalized spacial score (nSPS) is 12.8. The van der Waals surface area contributed by atoms with Gasteiger partial charge in [-0.2, -0.15) is 4.57 Å². The zero-order valence-electron chi connectivity index (χ0n) is 9.60. The van der Waals surface area contributed by atoms with Gasteiger partial charge >= 0.3 is 0 Å². The Labute approximate surface area is 104 Å². The number of aromatic nitrogens is 1.